The lowest BCUT2D eigenvalue weighted by molar-refractivity contribution is -0.130. The molecule has 0 N–H and O–H groups in total. The molecule has 3 rings (SSSR count). The summed E-state index contributed by atoms with van der Waals surface area (Å²) in [6.45, 7) is 0.547. The number of benzene rings is 1. The molecule has 1 aliphatic carbocycles. The third-order valence-corrected chi connectivity index (χ3v) is 5.66. The molecule has 2 fully saturated rings. The minimum absolute atomic E-state index is 0.0500. The van der Waals surface area contributed by atoms with Gasteiger partial charge in [-0.2, -0.15) is 0 Å². The van der Waals surface area contributed by atoms with E-state index in [4.69, 9.17) is 34.8 Å². The molecule has 2 nitrogen and oxygen atoms in total. The topological polar surface area (TPSA) is 20.3 Å². The first-order chi connectivity index (χ1) is 9.51. The van der Waals surface area contributed by atoms with Crippen molar-refractivity contribution in [3.05, 3.63) is 35.9 Å². The highest BCUT2D eigenvalue weighted by Gasteiger charge is 2.60. The summed E-state index contributed by atoms with van der Waals surface area (Å²) in [7, 11) is 0. The van der Waals surface area contributed by atoms with Crippen LogP contribution in [0.25, 0.3) is 0 Å². The molecule has 0 radical (unpaired) electrons. The number of alkyl halides is 3. The molecule has 0 bridgehead atoms. The van der Waals surface area contributed by atoms with Crippen molar-refractivity contribution in [3.8, 4) is 0 Å². The van der Waals surface area contributed by atoms with Gasteiger partial charge in [0.15, 0.2) is 0 Å². The van der Waals surface area contributed by atoms with Crippen LogP contribution < -0.4 is 0 Å². The smallest absolute Gasteiger partial charge is 0.260 e. The number of nitrogens with zero attached hydrogens (tertiary/aromatic N) is 1. The average molecular weight is 333 g/mol. The second-order valence-electron chi connectivity index (χ2n) is 5.58. The summed E-state index contributed by atoms with van der Waals surface area (Å²) >= 11 is 19.1. The van der Waals surface area contributed by atoms with Crippen molar-refractivity contribution in [1.82, 2.24) is 4.90 Å². The normalized spacial score (nSPS) is 32.2. The standard InChI is InChI=1S/C15H16Cl3NO/c16-11-7-4-8-12-13(11)15(17,18)14(20)19(12)9-10-5-2-1-3-6-10/h1-3,5-6,11-13H,4,7-9H2/t11-,12-,13+/m1/s1. The van der Waals surface area contributed by atoms with Gasteiger partial charge in [0.25, 0.3) is 5.91 Å². The predicted octanol–water partition coefficient (Wildman–Crippen LogP) is 3.98. The molecule has 0 unspecified atom stereocenters. The zero-order valence-electron chi connectivity index (χ0n) is 10.9. The van der Waals surface area contributed by atoms with E-state index in [9.17, 15) is 4.79 Å². The minimum Gasteiger partial charge on any atom is -0.332 e. The Balaban J connectivity index is 1.89. The summed E-state index contributed by atoms with van der Waals surface area (Å²) in [5, 5.41) is -0.131. The molecule has 1 saturated carbocycles. The lowest BCUT2D eigenvalue weighted by atomic mass is 9.84. The van der Waals surface area contributed by atoms with Crippen LogP contribution in [0.1, 0.15) is 24.8 Å². The van der Waals surface area contributed by atoms with E-state index in [1.807, 2.05) is 35.2 Å². The van der Waals surface area contributed by atoms with Gasteiger partial charge in [-0.25, -0.2) is 0 Å². The summed E-state index contributed by atoms with van der Waals surface area (Å²) in [5.41, 5.74) is 1.09. The number of fused-ring (bicyclic) bond motifs is 1. The molecule has 3 atom stereocenters. The maximum Gasteiger partial charge on any atom is 0.260 e. The van der Waals surface area contributed by atoms with Crippen molar-refractivity contribution in [1.29, 1.82) is 0 Å². The monoisotopic (exact) mass is 331 g/mol. The molecule has 1 amide bonds. The van der Waals surface area contributed by atoms with E-state index in [0.29, 0.717) is 6.54 Å². The van der Waals surface area contributed by atoms with E-state index < -0.39 is 4.33 Å². The fourth-order valence-electron chi connectivity index (χ4n) is 3.39. The first-order valence-corrected chi connectivity index (χ1v) is 8.08. The number of likely N-dealkylation sites (tertiary alicyclic amines) is 1. The molecule has 2 aliphatic rings. The van der Waals surface area contributed by atoms with Crippen LogP contribution in [0.3, 0.4) is 0 Å². The summed E-state index contributed by atoms with van der Waals surface area (Å²) < 4.78 is -1.38. The maximum atomic E-state index is 12.5. The second-order valence-corrected chi connectivity index (χ2v) is 7.53. The van der Waals surface area contributed by atoms with Gasteiger partial charge in [-0.05, 0) is 24.8 Å². The molecule has 0 spiro atoms. The van der Waals surface area contributed by atoms with E-state index in [0.717, 1.165) is 24.8 Å². The van der Waals surface area contributed by atoms with Gasteiger partial charge < -0.3 is 4.90 Å². The largest absolute Gasteiger partial charge is 0.332 e. The van der Waals surface area contributed by atoms with Crippen LogP contribution >= 0.6 is 34.8 Å². The van der Waals surface area contributed by atoms with Gasteiger partial charge in [0.1, 0.15) is 0 Å². The number of hydrogen-bond acceptors (Lipinski definition) is 1. The number of rotatable bonds is 2. The van der Waals surface area contributed by atoms with E-state index in [1.54, 1.807) is 0 Å². The molecule has 20 heavy (non-hydrogen) atoms. The van der Waals surface area contributed by atoms with Crippen molar-refractivity contribution in [2.24, 2.45) is 5.92 Å². The van der Waals surface area contributed by atoms with Crippen LogP contribution in [0, 0.1) is 5.92 Å². The van der Waals surface area contributed by atoms with Crippen LogP contribution in [0.15, 0.2) is 30.3 Å². The Morgan fingerprint density at radius 1 is 1.20 bits per heavy atom. The van der Waals surface area contributed by atoms with Gasteiger partial charge in [0, 0.05) is 23.9 Å². The van der Waals surface area contributed by atoms with Crippen LogP contribution in [0.4, 0.5) is 0 Å². The number of halogens is 3. The van der Waals surface area contributed by atoms with Crippen molar-refractivity contribution < 1.29 is 4.79 Å². The van der Waals surface area contributed by atoms with Crippen molar-refractivity contribution in [3.63, 3.8) is 0 Å². The van der Waals surface area contributed by atoms with Crippen LogP contribution in [0.2, 0.25) is 0 Å². The predicted molar refractivity (Wildman–Crippen MR) is 82.2 cm³/mol. The Morgan fingerprint density at radius 3 is 2.60 bits per heavy atom. The van der Waals surface area contributed by atoms with E-state index >= 15 is 0 Å². The van der Waals surface area contributed by atoms with Crippen molar-refractivity contribution >= 4 is 40.7 Å². The van der Waals surface area contributed by atoms with E-state index in [1.165, 1.54) is 0 Å². The van der Waals surface area contributed by atoms with Crippen LogP contribution in [0.5, 0.6) is 0 Å². The second kappa shape index (κ2) is 5.40. The Bertz CT molecular complexity index is 505. The van der Waals surface area contributed by atoms with Gasteiger partial charge in [-0.1, -0.05) is 53.5 Å². The van der Waals surface area contributed by atoms with Crippen LogP contribution in [-0.2, 0) is 11.3 Å². The number of carbonyl (C=O) groups is 1. The fraction of sp³-hybridized carbons (Fsp3) is 0.533. The molecule has 5 heteroatoms. The van der Waals surface area contributed by atoms with E-state index in [-0.39, 0.29) is 23.2 Å². The summed E-state index contributed by atoms with van der Waals surface area (Å²) in [4.78, 5) is 14.4. The van der Waals surface area contributed by atoms with Crippen molar-refractivity contribution in [2.75, 3.05) is 0 Å². The molecule has 1 aromatic rings. The van der Waals surface area contributed by atoms with Gasteiger partial charge in [0.2, 0.25) is 4.33 Å². The third-order valence-electron chi connectivity index (χ3n) is 4.34. The highest BCUT2D eigenvalue weighted by atomic mass is 35.5. The fourth-order valence-corrected chi connectivity index (χ4v) is 4.85. The van der Waals surface area contributed by atoms with Gasteiger partial charge in [-0.15, -0.1) is 11.6 Å². The lowest BCUT2D eigenvalue weighted by Crippen LogP contribution is -2.41. The highest BCUT2D eigenvalue weighted by molar-refractivity contribution is 6.59. The molecule has 0 aromatic heterocycles. The van der Waals surface area contributed by atoms with Gasteiger partial charge >= 0.3 is 0 Å². The maximum absolute atomic E-state index is 12.5. The Labute approximate surface area is 134 Å². The highest BCUT2D eigenvalue weighted by Crippen LogP contribution is 2.51. The summed E-state index contributed by atoms with van der Waals surface area (Å²) in [6, 6.07) is 9.95. The zero-order chi connectivity index (χ0) is 14.3. The van der Waals surface area contributed by atoms with Crippen molar-refractivity contribution in [2.45, 2.75) is 41.6 Å². The van der Waals surface area contributed by atoms with Crippen LogP contribution in [-0.4, -0.2) is 26.6 Å². The van der Waals surface area contributed by atoms with Gasteiger partial charge in [0.05, 0.1) is 0 Å². The Morgan fingerprint density at radius 2 is 1.90 bits per heavy atom. The molecular weight excluding hydrogens is 317 g/mol. The minimum atomic E-state index is -1.38. The average Bonchev–Trinajstić information content (AvgIpc) is 2.62. The quantitative estimate of drug-likeness (QED) is 0.750. The molecule has 1 aliphatic heterocycles. The first-order valence-electron chi connectivity index (χ1n) is 6.88. The lowest BCUT2D eigenvalue weighted by Gasteiger charge is -2.35. The summed E-state index contributed by atoms with van der Waals surface area (Å²) in [5.74, 6) is -0.385. The molecule has 108 valence electrons. The third kappa shape index (κ3) is 2.32. The Hall–Kier alpha value is -0.440. The molecule has 1 aromatic carbocycles. The number of amides is 1. The SMILES string of the molecule is O=C1N(Cc2ccccc2)[C@@H]2CCC[C@@H](Cl)[C@@H]2C1(Cl)Cl. The summed E-state index contributed by atoms with van der Waals surface area (Å²) in [6.07, 6.45) is 2.81. The Kier molecular flexibility index (Phi) is 3.91. The van der Waals surface area contributed by atoms with Gasteiger partial charge in [-0.3, -0.25) is 4.79 Å². The first kappa shape index (κ1) is 14.5. The molecule has 1 saturated heterocycles. The van der Waals surface area contributed by atoms with E-state index in [2.05, 4.69) is 0 Å². The number of carbonyl (C=O) groups excluding carboxylic acids is 1. The zero-order valence-corrected chi connectivity index (χ0v) is 13.2. The molecular formula is C15H16Cl3NO. The molecule has 1 heterocycles. The number of hydrogen-bond donors (Lipinski definition) is 0.